The molecule has 8 aromatic carbocycles. The Balaban J connectivity index is 1.36. The van der Waals surface area contributed by atoms with E-state index >= 15 is 0 Å². The van der Waals surface area contributed by atoms with Gasteiger partial charge < -0.3 is 0 Å². The van der Waals surface area contributed by atoms with Crippen molar-refractivity contribution in [3.05, 3.63) is 239 Å². The van der Waals surface area contributed by atoms with Crippen molar-refractivity contribution in [2.24, 2.45) is 0 Å². The third-order valence-electron chi connectivity index (χ3n) is 10.0. The van der Waals surface area contributed by atoms with Gasteiger partial charge in [-0.3, -0.25) is 0 Å². The normalized spacial score (nSPS) is 11.5. The summed E-state index contributed by atoms with van der Waals surface area (Å²) in [6, 6.07) is 49.6. The van der Waals surface area contributed by atoms with Crippen molar-refractivity contribution in [2.75, 3.05) is 0 Å². The van der Waals surface area contributed by atoms with Crippen LogP contribution in [-0.2, 0) is 5.41 Å². The Morgan fingerprint density at radius 2 is 0.527 bits per heavy atom. The number of hydrogen-bond donors (Lipinski definition) is 0. The molecule has 0 saturated carbocycles. The van der Waals surface area contributed by atoms with Crippen LogP contribution >= 0.6 is 0 Å². The molecule has 55 heavy (non-hydrogen) atoms. The molecule has 8 aromatic rings. The quantitative estimate of drug-likeness (QED) is 0.108. The molecule has 0 N–H and O–H groups in total. The van der Waals surface area contributed by atoms with Crippen molar-refractivity contribution in [1.82, 2.24) is 0 Å². The molecule has 0 aromatic heterocycles. The van der Waals surface area contributed by atoms with Gasteiger partial charge in [0, 0.05) is 23.3 Å². The monoisotopic (exact) mass is 732 g/mol. The minimum atomic E-state index is -1.08. The first-order valence-corrected chi connectivity index (χ1v) is 17.5. The predicted molar refractivity (Wildman–Crippen MR) is 206 cm³/mol. The van der Waals surface area contributed by atoms with Crippen molar-refractivity contribution >= 4 is 0 Å². The summed E-state index contributed by atoms with van der Waals surface area (Å²) in [7, 11) is 0. The molecule has 0 unspecified atom stereocenters. The second-order valence-corrected chi connectivity index (χ2v) is 13.3. The molecule has 0 fully saturated rings. The first-order valence-electron chi connectivity index (χ1n) is 17.5. The van der Waals surface area contributed by atoms with E-state index in [1.807, 2.05) is 72.8 Å². The fourth-order valence-corrected chi connectivity index (χ4v) is 7.46. The first kappa shape index (κ1) is 35.4. The van der Waals surface area contributed by atoms with E-state index in [2.05, 4.69) is 0 Å². The summed E-state index contributed by atoms with van der Waals surface area (Å²) in [5.41, 5.74) is 6.16. The first-order chi connectivity index (χ1) is 26.7. The summed E-state index contributed by atoms with van der Waals surface area (Å²) < 4.78 is 87.0. The van der Waals surface area contributed by atoms with Crippen LogP contribution in [0.2, 0.25) is 0 Å². The zero-order valence-corrected chi connectivity index (χ0v) is 29.1. The summed E-state index contributed by atoms with van der Waals surface area (Å²) in [5.74, 6) is -3.51. The molecule has 0 saturated heterocycles. The largest absolute Gasteiger partial charge is 0.207 e. The van der Waals surface area contributed by atoms with E-state index in [1.54, 1.807) is 60.7 Å². The molecule has 0 radical (unpaired) electrons. The molecule has 6 heteroatoms. The lowest BCUT2D eigenvalue weighted by molar-refractivity contribution is 0.583. The third-order valence-corrected chi connectivity index (χ3v) is 10.0. The van der Waals surface area contributed by atoms with Gasteiger partial charge >= 0.3 is 0 Å². The number of benzene rings is 8. The minimum absolute atomic E-state index is 0.362. The zero-order chi connectivity index (χ0) is 38.1. The van der Waals surface area contributed by atoms with Crippen LogP contribution in [0, 0.1) is 34.9 Å². The lowest BCUT2D eigenvalue weighted by Gasteiger charge is -2.37. The molecule has 0 bridgehead atoms. The molecule has 0 amide bonds. The lowest BCUT2D eigenvalue weighted by atomic mass is 9.64. The highest BCUT2D eigenvalue weighted by molar-refractivity contribution is 5.72. The molecule has 0 atom stereocenters. The van der Waals surface area contributed by atoms with Crippen LogP contribution in [-0.4, -0.2) is 0 Å². The van der Waals surface area contributed by atoms with Gasteiger partial charge in [-0.25, -0.2) is 26.3 Å². The molecule has 0 nitrogen and oxygen atoms in total. The van der Waals surface area contributed by atoms with Gasteiger partial charge in [0.2, 0.25) is 0 Å². The van der Waals surface area contributed by atoms with Gasteiger partial charge in [-0.2, -0.15) is 0 Å². The Kier molecular flexibility index (Phi) is 9.41. The van der Waals surface area contributed by atoms with Gasteiger partial charge in [-0.1, -0.05) is 133 Å². The minimum Gasteiger partial charge on any atom is -0.207 e. The second kappa shape index (κ2) is 14.6. The van der Waals surface area contributed by atoms with Crippen LogP contribution in [0.1, 0.15) is 22.3 Å². The SMILES string of the molecule is Fc1cc(F)cc(-c2ccc(C(c3ccc(-c4cc(F)cc(F)c4)cc3)(c3ccc(-c4ccccc4F)cc3)c3ccc(-c4ccccc4F)cc3)cc2)c1. The summed E-state index contributed by atoms with van der Waals surface area (Å²) >= 11 is 0. The van der Waals surface area contributed by atoms with Crippen LogP contribution in [0.25, 0.3) is 44.5 Å². The van der Waals surface area contributed by atoms with Gasteiger partial charge in [0.15, 0.2) is 0 Å². The maximum atomic E-state index is 14.9. The van der Waals surface area contributed by atoms with Crippen molar-refractivity contribution in [3.8, 4) is 44.5 Å². The van der Waals surface area contributed by atoms with Gasteiger partial charge in [0.05, 0.1) is 5.41 Å². The van der Waals surface area contributed by atoms with E-state index in [0.29, 0.717) is 44.5 Å². The van der Waals surface area contributed by atoms with Gasteiger partial charge in [0.1, 0.15) is 34.9 Å². The topological polar surface area (TPSA) is 0 Å². The van der Waals surface area contributed by atoms with Crippen LogP contribution < -0.4 is 0 Å². The van der Waals surface area contributed by atoms with Crippen molar-refractivity contribution in [1.29, 1.82) is 0 Å². The molecular formula is C49H30F6. The van der Waals surface area contributed by atoms with Gasteiger partial charge in [-0.15, -0.1) is 0 Å². The van der Waals surface area contributed by atoms with Crippen LogP contribution in [0.4, 0.5) is 26.3 Å². The van der Waals surface area contributed by atoms with Gasteiger partial charge in [-0.05, 0) is 92.0 Å². The average molecular weight is 733 g/mol. The van der Waals surface area contributed by atoms with Crippen LogP contribution in [0.5, 0.6) is 0 Å². The van der Waals surface area contributed by atoms with Gasteiger partial charge in [0.25, 0.3) is 0 Å². The molecule has 0 aliphatic carbocycles. The highest BCUT2D eigenvalue weighted by Crippen LogP contribution is 2.47. The standard InChI is InChI=1S/C49H30F6/c50-41-25-35(26-42(51)29-41)31-9-17-37(18-10-31)49(39-21-13-33(14-22-39)45-5-1-3-7-47(45)54,40-23-15-34(16-24-40)46-6-2-4-8-48(46)55)38-19-11-32(12-20-38)36-27-43(52)30-44(53)28-36/h1-30H. The van der Waals surface area contributed by atoms with E-state index in [4.69, 9.17) is 0 Å². The number of hydrogen-bond acceptors (Lipinski definition) is 0. The van der Waals surface area contributed by atoms with E-state index in [9.17, 15) is 26.3 Å². The molecule has 0 heterocycles. The van der Waals surface area contributed by atoms with E-state index in [-0.39, 0.29) is 11.6 Å². The fraction of sp³-hybridized carbons (Fsp3) is 0.0204. The number of rotatable bonds is 8. The highest BCUT2D eigenvalue weighted by atomic mass is 19.2. The lowest BCUT2D eigenvalue weighted by Crippen LogP contribution is -2.31. The van der Waals surface area contributed by atoms with Crippen LogP contribution in [0.15, 0.2) is 182 Å². The molecule has 268 valence electrons. The van der Waals surface area contributed by atoms with E-state index < -0.39 is 28.7 Å². The van der Waals surface area contributed by atoms with Crippen molar-refractivity contribution < 1.29 is 26.3 Å². The molecule has 0 aliphatic rings. The third kappa shape index (κ3) is 6.83. The smallest absolute Gasteiger partial charge is 0.131 e. The maximum absolute atomic E-state index is 14.9. The van der Waals surface area contributed by atoms with Crippen molar-refractivity contribution in [2.45, 2.75) is 5.41 Å². The second-order valence-electron chi connectivity index (χ2n) is 13.3. The predicted octanol–water partition coefficient (Wildman–Crippen LogP) is 13.6. The Hall–Kier alpha value is -6.66. The Morgan fingerprint density at radius 3 is 0.818 bits per heavy atom. The maximum Gasteiger partial charge on any atom is 0.131 e. The zero-order valence-electron chi connectivity index (χ0n) is 29.1. The summed E-state index contributed by atoms with van der Waals surface area (Å²) in [6.07, 6.45) is 0. The molecule has 0 spiro atoms. The van der Waals surface area contributed by atoms with E-state index in [1.165, 1.54) is 36.4 Å². The van der Waals surface area contributed by atoms with Crippen LogP contribution in [0.3, 0.4) is 0 Å². The summed E-state index contributed by atoms with van der Waals surface area (Å²) in [6.45, 7) is 0. The average Bonchev–Trinajstić information content (AvgIpc) is 3.19. The molecular weight excluding hydrogens is 703 g/mol. The van der Waals surface area contributed by atoms with E-state index in [0.717, 1.165) is 34.4 Å². The summed E-state index contributed by atoms with van der Waals surface area (Å²) in [5, 5.41) is 0. The van der Waals surface area contributed by atoms with Crippen molar-refractivity contribution in [3.63, 3.8) is 0 Å². The highest BCUT2D eigenvalue weighted by Gasteiger charge is 2.38. The Morgan fingerprint density at radius 1 is 0.255 bits per heavy atom. The fourth-order valence-electron chi connectivity index (χ4n) is 7.46. The molecule has 0 aliphatic heterocycles. The Bertz CT molecular complexity index is 2400. The Labute approximate surface area is 314 Å². The molecule has 8 rings (SSSR count). The number of halogens is 6. The summed E-state index contributed by atoms with van der Waals surface area (Å²) in [4.78, 5) is 0.